The second-order valence-corrected chi connectivity index (χ2v) is 5.56. The van der Waals surface area contributed by atoms with Gasteiger partial charge in [0, 0.05) is 17.3 Å². The molecule has 1 aliphatic heterocycles. The van der Waals surface area contributed by atoms with E-state index in [-0.39, 0.29) is 0 Å². The maximum Gasteiger partial charge on any atom is 0.162 e. The van der Waals surface area contributed by atoms with Crippen LogP contribution in [0.2, 0.25) is 0 Å². The lowest BCUT2D eigenvalue weighted by Gasteiger charge is -2.18. The Kier molecular flexibility index (Phi) is 3.64. The van der Waals surface area contributed by atoms with Gasteiger partial charge in [0.1, 0.15) is 19.0 Å². The molecule has 0 saturated carbocycles. The molecule has 2 aromatic rings. The van der Waals surface area contributed by atoms with Crippen molar-refractivity contribution < 1.29 is 9.47 Å². The third kappa shape index (κ3) is 3.07. The van der Waals surface area contributed by atoms with Gasteiger partial charge in [0.05, 0.1) is 0 Å². The molecule has 0 fully saturated rings. The zero-order valence-corrected chi connectivity index (χ0v) is 12.3. The fraction of sp³-hybridized carbons (Fsp3) is 0.375. The van der Waals surface area contributed by atoms with E-state index in [9.17, 15) is 0 Å². The summed E-state index contributed by atoms with van der Waals surface area (Å²) in [7, 11) is 0. The molecule has 0 spiro atoms. The number of hydrogen-bond acceptors (Lipinski definition) is 5. The van der Waals surface area contributed by atoms with Gasteiger partial charge in [-0.1, -0.05) is 13.8 Å². The zero-order chi connectivity index (χ0) is 14.8. The van der Waals surface area contributed by atoms with Crippen LogP contribution in [0.1, 0.15) is 19.5 Å². The van der Waals surface area contributed by atoms with Gasteiger partial charge < -0.3 is 15.2 Å². The predicted octanol–water partition coefficient (Wildman–Crippen LogP) is 2.70. The minimum atomic E-state index is 0.491. The van der Waals surface area contributed by atoms with Gasteiger partial charge in [0.2, 0.25) is 0 Å². The molecule has 0 bridgehead atoms. The second-order valence-electron chi connectivity index (χ2n) is 5.56. The highest BCUT2D eigenvalue weighted by molar-refractivity contribution is 5.62. The summed E-state index contributed by atoms with van der Waals surface area (Å²) in [4.78, 5) is 8.94. The SMILES string of the molecule is CC(C)Cc1cc(N)nc(-c2ccc3c(c2)OCCO3)n1. The van der Waals surface area contributed by atoms with Crippen molar-refractivity contribution in [1.82, 2.24) is 9.97 Å². The van der Waals surface area contributed by atoms with E-state index < -0.39 is 0 Å². The number of aromatic nitrogens is 2. The molecule has 1 aromatic carbocycles. The number of benzene rings is 1. The van der Waals surface area contributed by atoms with Gasteiger partial charge in [0.25, 0.3) is 0 Å². The largest absolute Gasteiger partial charge is 0.486 e. The molecule has 1 aliphatic rings. The van der Waals surface area contributed by atoms with Crippen molar-refractivity contribution in [2.45, 2.75) is 20.3 Å². The standard InChI is InChI=1S/C16H19N3O2/c1-10(2)7-12-9-15(17)19-16(18-12)11-3-4-13-14(8-11)21-6-5-20-13/h3-4,8-10H,5-7H2,1-2H3,(H2,17,18,19). The summed E-state index contributed by atoms with van der Waals surface area (Å²) in [5.74, 6) is 3.13. The highest BCUT2D eigenvalue weighted by Crippen LogP contribution is 2.33. The Morgan fingerprint density at radius 3 is 2.62 bits per heavy atom. The lowest BCUT2D eigenvalue weighted by atomic mass is 10.1. The summed E-state index contributed by atoms with van der Waals surface area (Å²) in [6, 6.07) is 7.56. The van der Waals surface area contributed by atoms with Gasteiger partial charge in [-0.05, 0) is 30.5 Å². The highest BCUT2D eigenvalue weighted by Gasteiger charge is 2.14. The minimum Gasteiger partial charge on any atom is -0.486 e. The van der Waals surface area contributed by atoms with Crippen molar-refractivity contribution in [3.63, 3.8) is 0 Å². The van der Waals surface area contributed by atoms with Crippen LogP contribution in [0.4, 0.5) is 5.82 Å². The van der Waals surface area contributed by atoms with Crippen molar-refractivity contribution in [1.29, 1.82) is 0 Å². The van der Waals surface area contributed by atoms with E-state index in [2.05, 4.69) is 23.8 Å². The van der Waals surface area contributed by atoms with Crippen LogP contribution in [0.5, 0.6) is 11.5 Å². The van der Waals surface area contributed by atoms with E-state index in [0.29, 0.717) is 30.8 Å². The molecule has 0 atom stereocenters. The van der Waals surface area contributed by atoms with E-state index in [4.69, 9.17) is 15.2 Å². The predicted molar refractivity (Wildman–Crippen MR) is 81.4 cm³/mol. The normalized spacial score (nSPS) is 13.5. The third-order valence-electron chi connectivity index (χ3n) is 3.22. The zero-order valence-electron chi connectivity index (χ0n) is 12.3. The molecule has 0 unspecified atom stereocenters. The van der Waals surface area contributed by atoms with Crippen molar-refractivity contribution in [2.75, 3.05) is 18.9 Å². The Balaban J connectivity index is 1.97. The molecule has 5 heteroatoms. The molecule has 0 amide bonds. The first kappa shape index (κ1) is 13.7. The average molecular weight is 285 g/mol. The summed E-state index contributed by atoms with van der Waals surface area (Å²) in [5, 5.41) is 0. The summed E-state index contributed by atoms with van der Waals surface area (Å²) in [5.41, 5.74) is 7.75. The van der Waals surface area contributed by atoms with Crippen molar-refractivity contribution in [3.8, 4) is 22.9 Å². The Bertz CT molecular complexity index is 656. The van der Waals surface area contributed by atoms with Gasteiger partial charge in [0.15, 0.2) is 17.3 Å². The van der Waals surface area contributed by atoms with Gasteiger partial charge in [-0.2, -0.15) is 0 Å². The molecule has 2 heterocycles. The van der Waals surface area contributed by atoms with Crippen molar-refractivity contribution >= 4 is 5.82 Å². The first-order chi connectivity index (χ1) is 10.1. The van der Waals surface area contributed by atoms with E-state index in [0.717, 1.165) is 29.2 Å². The van der Waals surface area contributed by atoms with E-state index in [1.807, 2.05) is 24.3 Å². The van der Waals surface area contributed by atoms with E-state index in [1.165, 1.54) is 0 Å². The van der Waals surface area contributed by atoms with Crippen LogP contribution in [-0.2, 0) is 6.42 Å². The van der Waals surface area contributed by atoms with E-state index >= 15 is 0 Å². The lowest BCUT2D eigenvalue weighted by Crippen LogP contribution is -2.15. The lowest BCUT2D eigenvalue weighted by molar-refractivity contribution is 0.171. The Morgan fingerprint density at radius 2 is 1.86 bits per heavy atom. The number of ether oxygens (including phenoxy) is 2. The molecule has 3 rings (SSSR count). The second kappa shape index (κ2) is 5.60. The van der Waals surface area contributed by atoms with Crippen LogP contribution in [0.25, 0.3) is 11.4 Å². The minimum absolute atomic E-state index is 0.491. The number of fused-ring (bicyclic) bond motifs is 1. The Morgan fingerprint density at radius 1 is 1.10 bits per heavy atom. The van der Waals surface area contributed by atoms with E-state index in [1.54, 1.807) is 0 Å². The Labute approximate surface area is 124 Å². The Hall–Kier alpha value is -2.30. The molecular weight excluding hydrogens is 266 g/mol. The fourth-order valence-corrected chi connectivity index (χ4v) is 2.35. The number of hydrogen-bond donors (Lipinski definition) is 1. The van der Waals surface area contributed by atoms with Crippen LogP contribution in [-0.4, -0.2) is 23.2 Å². The molecule has 0 radical (unpaired) electrons. The molecular formula is C16H19N3O2. The molecule has 1 aromatic heterocycles. The molecule has 21 heavy (non-hydrogen) atoms. The maximum absolute atomic E-state index is 5.90. The summed E-state index contributed by atoms with van der Waals surface area (Å²) < 4.78 is 11.1. The highest BCUT2D eigenvalue weighted by atomic mass is 16.6. The molecule has 5 nitrogen and oxygen atoms in total. The number of anilines is 1. The average Bonchev–Trinajstić information content (AvgIpc) is 2.45. The van der Waals surface area contributed by atoms with Crippen molar-refractivity contribution in [3.05, 3.63) is 30.0 Å². The summed E-state index contributed by atoms with van der Waals surface area (Å²) in [6.07, 6.45) is 0.879. The molecule has 0 saturated heterocycles. The monoisotopic (exact) mass is 285 g/mol. The fourth-order valence-electron chi connectivity index (χ4n) is 2.35. The first-order valence-corrected chi connectivity index (χ1v) is 7.15. The maximum atomic E-state index is 5.90. The van der Waals surface area contributed by atoms with Crippen LogP contribution < -0.4 is 15.2 Å². The summed E-state index contributed by atoms with van der Waals surface area (Å²) in [6.45, 7) is 5.45. The smallest absolute Gasteiger partial charge is 0.162 e. The first-order valence-electron chi connectivity index (χ1n) is 7.15. The number of nitrogens with zero attached hydrogens (tertiary/aromatic N) is 2. The van der Waals surface area contributed by atoms with Gasteiger partial charge in [-0.25, -0.2) is 9.97 Å². The van der Waals surface area contributed by atoms with Crippen LogP contribution >= 0.6 is 0 Å². The topological polar surface area (TPSA) is 70.3 Å². The van der Waals surface area contributed by atoms with Crippen LogP contribution in [0.3, 0.4) is 0 Å². The van der Waals surface area contributed by atoms with Crippen molar-refractivity contribution in [2.24, 2.45) is 5.92 Å². The van der Waals surface area contributed by atoms with Gasteiger partial charge >= 0.3 is 0 Å². The molecule has 2 N–H and O–H groups in total. The third-order valence-corrected chi connectivity index (χ3v) is 3.22. The quantitative estimate of drug-likeness (QED) is 0.939. The molecule has 0 aliphatic carbocycles. The summed E-state index contributed by atoms with van der Waals surface area (Å²) >= 11 is 0. The van der Waals surface area contributed by atoms with Gasteiger partial charge in [-0.3, -0.25) is 0 Å². The number of nitrogen functional groups attached to an aromatic ring is 1. The number of nitrogens with two attached hydrogens (primary N) is 1. The van der Waals surface area contributed by atoms with Crippen LogP contribution in [0, 0.1) is 5.92 Å². The molecule has 110 valence electrons. The number of rotatable bonds is 3. The van der Waals surface area contributed by atoms with Crippen LogP contribution in [0.15, 0.2) is 24.3 Å². The van der Waals surface area contributed by atoms with Gasteiger partial charge in [-0.15, -0.1) is 0 Å².